The maximum absolute atomic E-state index is 13.1. The van der Waals surface area contributed by atoms with E-state index in [2.05, 4.69) is 15.8 Å². The monoisotopic (exact) mass is 523 g/mol. The molecule has 3 rings (SSSR count). The largest absolute Gasteiger partial charge is 0.481 e. The summed E-state index contributed by atoms with van der Waals surface area (Å²) in [7, 11) is 0. The van der Waals surface area contributed by atoms with Crippen LogP contribution in [0, 0.1) is 11.8 Å². The van der Waals surface area contributed by atoms with Crippen molar-refractivity contribution < 1.29 is 24.2 Å². The Kier molecular flexibility index (Phi) is 10.7. The average molecular weight is 524 g/mol. The number of carbonyl (C=O) groups is 3. The van der Waals surface area contributed by atoms with Crippen LogP contribution in [0.5, 0.6) is 0 Å². The van der Waals surface area contributed by atoms with Crippen LogP contribution in [-0.4, -0.2) is 60.1 Å². The number of nitrogens with zero attached hydrogens (tertiary/aromatic N) is 2. The number of nitrogens with two attached hydrogens (primary N) is 1. The third kappa shape index (κ3) is 8.04. The van der Waals surface area contributed by atoms with Crippen molar-refractivity contribution in [1.29, 1.82) is 0 Å². The highest BCUT2D eigenvalue weighted by atomic mass is 16.5. The molecule has 2 aromatic rings. The van der Waals surface area contributed by atoms with Crippen molar-refractivity contribution in [1.82, 2.24) is 15.6 Å². The van der Waals surface area contributed by atoms with Crippen LogP contribution in [0.15, 0.2) is 53.6 Å². The van der Waals surface area contributed by atoms with Crippen LogP contribution in [0.3, 0.4) is 0 Å². The molecule has 2 aromatic carbocycles. The number of carboxylic acid groups (broad SMARTS) is 1. The first-order valence-electron chi connectivity index (χ1n) is 12.9. The summed E-state index contributed by atoms with van der Waals surface area (Å²) < 4.78 is 4.77. The smallest absolute Gasteiger partial charge is 0.427 e. The van der Waals surface area contributed by atoms with E-state index >= 15 is 0 Å². The quantitative estimate of drug-likeness (QED) is 0.200. The number of benzene rings is 2. The lowest BCUT2D eigenvalue weighted by molar-refractivity contribution is -0.143. The molecular formula is C28H37N5O5. The molecule has 38 heavy (non-hydrogen) atoms. The number of amides is 2. The first kappa shape index (κ1) is 28.6. The molecule has 204 valence electrons. The number of ether oxygens (including phenoxy) is 1. The Morgan fingerprint density at radius 2 is 1.97 bits per heavy atom. The Labute approximate surface area is 223 Å². The van der Waals surface area contributed by atoms with Gasteiger partial charge >= 0.3 is 12.1 Å². The third-order valence-electron chi connectivity index (χ3n) is 6.75. The van der Waals surface area contributed by atoms with Gasteiger partial charge in [-0.25, -0.2) is 10.2 Å². The summed E-state index contributed by atoms with van der Waals surface area (Å²) in [6.45, 7) is 5.24. The van der Waals surface area contributed by atoms with Crippen LogP contribution < -0.4 is 16.5 Å². The number of carboxylic acids is 1. The van der Waals surface area contributed by atoms with E-state index in [1.165, 1.54) is 6.34 Å². The minimum Gasteiger partial charge on any atom is -0.481 e. The highest BCUT2D eigenvalue weighted by molar-refractivity contribution is 5.96. The van der Waals surface area contributed by atoms with Crippen LogP contribution >= 0.6 is 0 Å². The van der Waals surface area contributed by atoms with E-state index < -0.39 is 24.0 Å². The van der Waals surface area contributed by atoms with Crippen LogP contribution in [0.2, 0.25) is 0 Å². The zero-order valence-electron chi connectivity index (χ0n) is 21.9. The number of nitrogens with one attached hydrogen (secondary N) is 2. The molecule has 0 radical (unpaired) electrons. The van der Waals surface area contributed by atoms with Crippen molar-refractivity contribution in [3.8, 4) is 11.1 Å². The minimum atomic E-state index is -0.953. The lowest BCUT2D eigenvalue weighted by atomic mass is 9.85. The van der Waals surface area contributed by atoms with Gasteiger partial charge in [0.2, 0.25) is 0 Å². The molecule has 0 aliphatic carbocycles. The predicted octanol–water partition coefficient (Wildman–Crippen LogP) is 3.42. The fourth-order valence-corrected chi connectivity index (χ4v) is 4.78. The summed E-state index contributed by atoms with van der Waals surface area (Å²) in [5.74, 6) is -1.95. The number of hydrogen-bond donors (Lipinski definition) is 4. The summed E-state index contributed by atoms with van der Waals surface area (Å²) >= 11 is 0. The van der Waals surface area contributed by atoms with E-state index in [4.69, 9.17) is 10.5 Å². The molecule has 3 atom stereocenters. The number of rotatable bonds is 11. The number of hydrazone groups is 1. The minimum absolute atomic E-state index is 0.100. The molecule has 1 aliphatic heterocycles. The van der Waals surface area contributed by atoms with E-state index in [-0.39, 0.29) is 25.0 Å². The molecule has 1 aliphatic rings. The second kappa shape index (κ2) is 14.1. The van der Waals surface area contributed by atoms with Gasteiger partial charge in [-0.15, -0.1) is 0 Å². The third-order valence-corrected chi connectivity index (χ3v) is 6.75. The first-order chi connectivity index (χ1) is 18.3. The maximum Gasteiger partial charge on any atom is 0.427 e. The number of hydrogen-bond acceptors (Lipinski definition) is 6. The van der Waals surface area contributed by atoms with Gasteiger partial charge in [-0.05, 0) is 67.9 Å². The molecule has 0 bridgehead atoms. The van der Waals surface area contributed by atoms with Crippen molar-refractivity contribution in [2.75, 3.05) is 19.7 Å². The van der Waals surface area contributed by atoms with Crippen LogP contribution in [-0.2, 0) is 16.1 Å². The van der Waals surface area contributed by atoms with Crippen molar-refractivity contribution in [3.05, 3.63) is 59.7 Å². The average Bonchev–Trinajstić information content (AvgIpc) is 2.92. The predicted molar refractivity (Wildman–Crippen MR) is 145 cm³/mol. The fourth-order valence-electron chi connectivity index (χ4n) is 4.78. The van der Waals surface area contributed by atoms with Crippen LogP contribution in [0.25, 0.3) is 11.1 Å². The fraction of sp³-hybridized carbons (Fsp3) is 0.429. The number of carbonyl (C=O) groups excluding carboxylic acids is 2. The highest BCUT2D eigenvalue weighted by Crippen LogP contribution is 2.26. The second-order valence-corrected chi connectivity index (χ2v) is 9.46. The summed E-state index contributed by atoms with van der Waals surface area (Å²) in [5, 5.41) is 16.8. The van der Waals surface area contributed by atoms with E-state index in [9.17, 15) is 19.5 Å². The zero-order valence-corrected chi connectivity index (χ0v) is 21.9. The Morgan fingerprint density at radius 1 is 1.21 bits per heavy atom. The van der Waals surface area contributed by atoms with Gasteiger partial charge in [0.25, 0.3) is 5.91 Å². The van der Waals surface area contributed by atoms with Crippen molar-refractivity contribution in [2.45, 2.75) is 45.7 Å². The lowest BCUT2D eigenvalue weighted by Gasteiger charge is -2.33. The highest BCUT2D eigenvalue weighted by Gasteiger charge is 2.31. The summed E-state index contributed by atoms with van der Waals surface area (Å²) in [4.78, 5) is 38.7. The maximum atomic E-state index is 13.1. The van der Waals surface area contributed by atoms with Gasteiger partial charge in [0.15, 0.2) is 0 Å². The standard InChI is InChI=1S/C28H37N5O5/c1-3-38-28(37)32-30-18-33-13-7-8-20(17-33)14-25(27(35)36)19(2)31-26(34)24-12-11-22(15-23(24)16-29)21-9-5-4-6-10-21/h4-6,9-12,15,18-20,25H,3,7-8,13-14,16-17,29H2,1-2H3,(H,31,34)(H,32,37)(H,35,36)/t19-,20?,25?/m1/s1. The Morgan fingerprint density at radius 3 is 2.66 bits per heavy atom. The van der Waals surface area contributed by atoms with Gasteiger partial charge in [0.1, 0.15) is 6.34 Å². The van der Waals surface area contributed by atoms with E-state index in [0.29, 0.717) is 24.1 Å². The molecule has 1 fully saturated rings. The normalized spacial score (nSPS) is 17.0. The van der Waals surface area contributed by atoms with Crippen LogP contribution in [0.4, 0.5) is 4.79 Å². The van der Waals surface area contributed by atoms with E-state index in [0.717, 1.165) is 30.5 Å². The van der Waals surface area contributed by atoms with Crippen LogP contribution in [0.1, 0.15) is 49.0 Å². The van der Waals surface area contributed by atoms with Gasteiger partial charge in [-0.2, -0.15) is 5.10 Å². The number of piperidine rings is 1. The molecule has 2 unspecified atom stereocenters. The topological polar surface area (TPSA) is 146 Å². The SMILES string of the molecule is CCOC(=O)NN=CN1CCCC(CC(C(=O)O)[C@@H](C)NC(=O)c2ccc(-c3ccccc3)cc2CN)C1. The molecule has 10 nitrogen and oxygen atoms in total. The first-order valence-corrected chi connectivity index (χ1v) is 12.9. The summed E-state index contributed by atoms with van der Waals surface area (Å²) in [5.41, 5.74) is 11.4. The molecule has 0 saturated carbocycles. The van der Waals surface area contributed by atoms with Gasteiger partial charge in [0, 0.05) is 31.2 Å². The number of likely N-dealkylation sites (tertiary alicyclic amines) is 1. The van der Waals surface area contributed by atoms with Crippen molar-refractivity contribution in [3.63, 3.8) is 0 Å². The summed E-state index contributed by atoms with van der Waals surface area (Å²) in [6.07, 6.45) is 3.07. The van der Waals surface area contributed by atoms with Crippen molar-refractivity contribution >= 4 is 24.3 Å². The molecule has 0 aromatic heterocycles. The summed E-state index contributed by atoms with van der Waals surface area (Å²) in [6, 6.07) is 14.7. The number of aliphatic carboxylic acids is 1. The Balaban J connectivity index is 1.62. The van der Waals surface area contributed by atoms with Gasteiger partial charge in [0.05, 0.1) is 12.5 Å². The van der Waals surface area contributed by atoms with Gasteiger partial charge in [-0.3, -0.25) is 9.59 Å². The molecule has 1 saturated heterocycles. The molecule has 2 amide bonds. The van der Waals surface area contributed by atoms with Crippen molar-refractivity contribution in [2.24, 2.45) is 22.7 Å². The molecular weight excluding hydrogens is 486 g/mol. The lowest BCUT2D eigenvalue weighted by Crippen LogP contribution is -2.44. The molecule has 10 heteroatoms. The van der Waals surface area contributed by atoms with E-state index in [1.54, 1.807) is 19.9 Å². The molecule has 5 N–H and O–H groups in total. The van der Waals surface area contributed by atoms with Gasteiger partial charge in [-0.1, -0.05) is 36.4 Å². The zero-order chi connectivity index (χ0) is 27.5. The Hall–Kier alpha value is -3.92. The second-order valence-electron chi connectivity index (χ2n) is 9.46. The van der Waals surface area contributed by atoms with E-state index in [1.807, 2.05) is 47.4 Å². The molecule has 0 spiro atoms. The molecule has 1 heterocycles. The van der Waals surface area contributed by atoms with Gasteiger partial charge < -0.3 is 25.8 Å². The Bertz CT molecular complexity index is 1120.